The highest BCUT2D eigenvalue weighted by molar-refractivity contribution is 5.76. The van der Waals surface area contributed by atoms with Gasteiger partial charge in [0.25, 0.3) is 0 Å². The molecule has 0 unspecified atom stereocenters. The fourth-order valence-corrected chi connectivity index (χ4v) is 2.57. The Kier molecular flexibility index (Phi) is 6.40. The van der Waals surface area contributed by atoms with Gasteiger partial charge in [-0.05, 0) is 36.2 Å². The van der Waals surface area contributed by atoms with Crippen molar-refractivity contribution < 1.29 is 31.5 Å². The zero-order chi connectivity index (χ0) is 23.4. The van der Waals surface area contributed by atoms with Gasteiger partial charge in [0, 0.05) is 12.0 Å². The first-order valence-corrected chi connectivity index (χ1v) is 8.94. The van der Waals surface area contributed by atoms with Gasteiger partial charge in [-0.1, -0.05) is 24.3 Å². The van der Waals surface area contributed by atoms with E-state index in [0.29, 0.717) is 23.5 Å². The van der Waals surface area contributed by atoms with E-state index >= 15 is 0 Å². The van der Waals surface area contributed by atoms with Crippen LogP contribution in [0.2, 0.25) is 0 Å². The summed E-state index contributed by atoms with van der Waals surface area (Å²) in [6.07, 6.45) is -9.25. The molecule has 1 amide bonds. The van der Waals surface area contributed by atoms with Crippen molar-refractivity contribution in [1.82, 2.24) is 19.7 Å². The van der Waals surface area contributed by atoms with Gasteiger partial charge in [-0.25, -0.2) is 9.67 Å². The van der Waals surface area contributed by atoms with Crippen molar-refractivity contribution in [3.8, 4) is 22.8 Å². The molecule has 1 N–H and O–H groups in total. The van der Waals surface area contributed by atoms with E-state index in [2.05, 4.69) is 24.8 Å². The van der Waals surface area contributed by atoms with E-state index < -0.39 is 23.9 Å². The fraction of sp³-hybridized carbons (Fsp3) is 0.211. The minimum atomic E-state index is -5.83. The Hall–Kier alpha value is -3.99. The van der Waals surface area contributed by atoms with Gasteiger partial charge in [0.15, 0.2) is 10.9 Å². The van der Waals surface area contributed by atoms with Gasteiger partial charge >= 0.3 is 18.2 Å². The summed E-state index contributed by atoms with van der Waals surface area (Å²) in [6.45, 7) is 0. The monoisotopic (exact) mass is 453 g/mol. The van der Waals surface area contributed by atoms with Crippen LogP contribution in [0.15, 0.2) is 60.0 Å². The summed E-state index contributed by atoms with van der Waals surface area (Å²) in [5, 5.41) is 7.36. The summed E-state index contributed by atoms with van der Waals surface area (Å²) in [4.78, 5) is 18.1. The van der Waals surface area contributed by atoms with E-state index in [0.717, 1.165) is 17.7 Å². The summed E-state index contributed by atoms with van der Waals surface area (Å²) >= 11 is 0. The Morgan fingerprint density at radius 2 is 1.72 bits per heavy atom. The summed E-state index contributed by atoms with van der Waals surface area (Å²) in [5.41, 5.74) is 8.40. The number of aryl methyl sites for hydroxylation is 1. The molecule has 0 fully saturated rings. The molecule has 0 saturated carbocycles. The maximum absolute atomic E-state index is 13.0. The van der Waals surface area contributed by atoms with Crippen LogP contribution in [0.1, 0.15) is 12.0 Å². The third kappa shape index (κ3) is 5.38. The van der Waals surface area contributed by atoms with E-state index in [1.165, 1.54) is 23.1 Å². The molecule has 0 saturated heterocycles. The van der Waals surface area contributed by atoms with Crippen LogP contribution in [0.5, 0.6) is 5.75 Å². The largest absolute Gasteiger partial charge is 0.499 e. The average molecular weight is 453 g/mol. The zero-order valence-corrected chi connectivity index (χ0v) is 16.1. The lowest BCUT2D eigenvalue weighted by molar-refractivity contribution is -0.360. The maximum atomic E-state index is 13.0. The number of amides is 1. The number of nitrogens with zero attached hydrogens (tertiary/aromatic N) is 5. The first-order valence-electron chi connectivity index (χ1n) is 8.94. The Balaban J connectivity index is 1.68. The van der Waals surface area contributed by atoms with Gasteiger partial charge in [0.05, 0.1) is 5.69 Å². The number of hydrogen-bond donors (Lipinski definition) is 1. The van der Waals surface area contributed by atoms with Crippen LogP contribution in [0.25, 0.3) is 17.1 Å². The van der Waals surface area contributed by atoms with E-state index in [9.17, 15) is 26.7 Å². The van der Waals surface area contributed by atoms with Crippen LogP contribution < -0.4 is 9.65 Å². The minimum absolute atomic E-state index is 0.114. The quantitative estimate of drug-likeness (QED) is 0.323. The second-order valence-electron chi connectivity index (χ2n) is 6.41. The predicted molar refractivity (Wildman–Crippen MR) is 99.0 cm³/mol. The number of hydrogen-bond acceptors (Lipinski definition) is 5. The van der Waals surface area contributed by atoms with Crippen molar-refractivity contribution in [2.75, 3.05) is 0 Å². The summed E-state index contributed by atoms with van der Waals surface area (Å²) in [7, 11) is 0. The van der Waals surface area contributed by atoms with Crippen molar-refractivity contribution in [1.29, 1.82) is 5.53 Å². The molecule has 1 aromatic heterocycles. The van der Waals surface area contributed by atoms with Crippen LogP contribution in [0.4, 0.5) is 22.0 Å². The molecule has 0 aliphatic rings. The predicted octanol–water partition coefficient (Wildman–Crippen LogP) is 4.48. The van der Waals surface area contributed by atoms with Crippen LogP contribution in [-0.4, -0.2) is 33.0 Å². The molecule has 1 heterocycles. The standard InChI is InChI=1S/C19H14F5N6O2/c20-18(21,22)19(23,24)32-15-8-6-14(7-9-15)30-11-26-17(28-30)13-4-1-12(2-5-13)3-10-16(31)27-29-25/h1-2,4-9,11,25H,3,10H2/q+1. The second-order valence-corrected chi connectivity index (χ2v) is 6.41. The molecule has 32 heavy (non-hydrogen) atoms. The van der Waals surface area contributed by atoms with E-state index in [1.54, 1.807) is 24.3 Å². The Morgan fingerprint density at radius 3 is 2.31 bits per heavy atom. The normalized spacial score (nSPS) is 11.7. The first kappa shape index (κ1) is 22.7. The van der Waals surface area contributed by atoms with Gasteiger partial charge in [-0.2, -0.15) is 22.0 Å². The molecule has 13 heteroatoms. The van der Waals surface area contributed by atoms with E-state index in [-0.39, 0.29) is 6.42 Å². The first-order chi connectivity index (χ1) is 15.1. The number of alkyl halides is 5. The number of ether oxygens (including phenoxy) is 1. The molecule has 0 radical (unpaired) electrons. The molecular weight excluding hydrogens is 439 g/mol. The van der Waals surface area contributed by atoms with Crippen LogP contribution in [0.3, 0.4) is 0 Å². The molecule has 0 aliphatic heterocycles. The van der Waals surface area contributed by atoms with E-state index in [4.69, 9.17) is 5.53 Å². The Labute approximate surface area is 176 Å². The summed E-state index contributed by atoms with van der Waals surface area (Å²) in [5.74, 6) is -0.808. The lowest BCUT2D eigenvalue weighted by Crippen LogP contribution is -2.41. The average Bonchev–Trinajstić information content (AvgIpc) is 3.22. The molecule has 3 rings (SSSR count). The molecular formula is C19H14F5N6O2+. The number of nitrogens with one attached hydrogen (secondary N) is 1. The van der Waals surface area contributed by atoms with Gasteiger partial charge in [-0.3, -0.25) is 4.79 Å². The Bertz CT molecular complexity index is 1140. The molecule has 166 valence electrons. The molecule has 0 atom stereocenters. The number of carbonyl (C=O) groups is 1. The summed E-state index contributed by atoms with van der Waals surface area (Å²) < 4.78 is 67.7. The lowest BCUT2D eigenvalue weighted by atomic mass is 10.1. The molecule has 8 nitrogen and oxygen atoms in total. The third-order valence-electron chi connectivity index (χ3n) is 4.17. The Morgan fingerprint density at radius 1 is 1.06 bits per heavy atom. The molecule has 3 aromatic rings. The highest BCUT2D eigenvalue weighted by Gasteiger charge is 2.61. The van der Waals surface area contributed by atoms with Crippen molar-refractivity contribution in [3.63, 3.8) is 0 Å². The number of benzene rings is 2. The topological polar surface area (TPSA) is 107 Å². The highest BCUT2D eigenvalue weighted by Crippen LogP contribution is 2.37. The number of aromatic nitrogens is 3. The SMILES string of the molecule is N=[N+]=NC(=O)CCc1ccc(-c2ncn(-c3ccc(OC(F)(F)C(F)(F)F)cc3)n2)cc1. The van der Waals surface area contributed by atoms with Crippen molar-refractivity contribution in [2.45, 2.75) is 25.1 Å². The molecule has 0 aliphatic carbocycles. The zero-order valence-electron chi connectivity index (χ0n) is 16.1. The third-order valence-corrected chi connectivity index (χ3v) is 4.17. The summed E-state index contributed by atoms with van der Waals surface area (Å²) in [6, 6.07) is 11.5. The van der Waals surface area contributed by atoms with Gasteiger partial charge in [0.1, 0.15) is 17.6 Å². The van der Waals surface area contributed by atoms with Gasteiger partial charge in [-0.15, -0.1) is 5.10 Å². The number of rotatable bonds is 7. The number of halogens is 5. The molecule has 0 bridgehead atoms. The van der Waals surface area contributed by atoms with Crippen molar-refractivity contribution >= 4 is 5.91 Å². The van der Waals surface area contributed by atoms with Crippen LogP contribution in [-0.2, 0) is 11.2 Å². The fourth-order valence-electron chi connectivity index (χ4n) is 2.57. The smallest absolute Gasteiger partial charge is 0.426 e. The van der Waals surface area contributed by atoms with E-state index in [1.807, 2.05) is 0 Å². The van der Waals surface area contributed by atoms with Crippen molar-refractivity contribution in [2.24, 2.45) is 5.11 Å². The van der Waals surface area contributed by atoms with Crippen molar-refractivity contribution in [3.05, 3.63) is 60.4 Å². The highest BCUT2D eigenvalue weighted by atomic mass is 19.4. The van der Waals surface area contributed by atoms with Crippen LogP contribution >= 0.6 is 0 Å². The minimum Gasteiger partial charge on any atom is -0.426 e. The molecule has 2 aromatic carbocycles. The van der Waals surface area contributed by atoms with Gasteiger partial charge < -0.3 is 4.74 Å². The second kappa shape index (κ2) is 9.02. The maximum Gasteiger partial charge on any atom is 0.499 e. The number of carbonyl (C=O) groups excluding carboxylic acids is 1. The molecule has 0 spiro atoms. The lowest BCUT2D eigenvalue weighted by Gasteiger charge is -2.20. The van der Waals surface area contributed by atoms with Gasteiger partial charge in [0.2, 0.25) is 4.91 Å². The van der Waals surface area contributed by atoms with Crippen LogP contribution in [0, 0.1) is 5.53 Å².